The van der Waals surface area contributed by atoms with E-state index in [1.807, 2.05) is 6.92 Å². The van der Waals surface area contributed by atoms with Gasteiger partial charge in [0.15, 0.2) is 17.9 Å². The van der Waals surface area contributed by atoms with Gasteiger partial charge in [0.2, 0.25) is 5.82 Å². The quantitative estimate of drug-likeness (QED) is 0.230. The predicted octanol–water partition coefficient (Wildman–Crippen LogP) is 1.57. The molecule has 3 heterocycles. The number of unbranched alkanes of at least 4 members (excludes halogenated alkanes) is 5. The molecule has 240 valence electrons. The number of H-pyrrole nitrogens is 1. The SMILES string of the molecule is CCCCCCNC(=O)n1cc(F)c(=O)[nH]c1=O.CCCCCOC(=O)Nc1nc(=O)n([C@@H]2O[C@H](C)[C@@H](O)[C@H]2O)cc1F. The first-order valence-electron chi connectivity index (χ1n) is 13.9. The van der Waals surface area contributed by atoms with Crippen molar-refractivity contribution in [3.63, 3.8) is 0 Å². The lowest BCUT2D eigenvalue weighted by molar-refractivity contribution is -0.0355. The summed E-state index contributed by atoms with van der Waals surface area (Å²) in [6.07, 6.45) is 2.26. The van der Waals surface area contributed by atoms with E-state index < -0.39 is 71.1 Å². The Morgan fingerprint density at radius 1 is 1.02 bits per heavy atom. The molecular formula is C26H38F2N6O9. The van der Waals surface area contributed by atoms with Gasteiger partial charge in [0.05, 0.1) is 25.1 Å². The minimum atomic E-state index is -1.41. The highest BCUT2D eigenvalue weighted by atomic mass is 19.1. The van der Waals surface area contributed by atoms with E-state index in [4.69, 9.17) is 9.47 Å². The van der Waals surface area contributed by atoms with E-state index in [1.165, 1.54) is 6.92 Å². The Hall–Kier alpha value is -3.96. The smallest absolute Gasteiger partial charge is 0.412 e. The number of nitrogens with one attached hydrogen (secondary N) is 3. The summed E-state index contributed by atoms with van der Waals surface area (Å²) in [4.78, 5) is 62.3. The zero-order valence-electron chi connectivity index (χ0n) is 24.2. The van der Waals surface area contributed by atoms with Crippen LogP contribution in [0.2, 0.25) is 0 Å². The van der Waals surface area contributed by atoms with Crippen LogP contribution in [0.15, 0.2) is 26.8 Å². The van der Waals surface area contributed by atoms with Gasteiger partial charge in [0, 0.05) is 6.54 Å². The monoisotopic (exact) mass is 616 g/mol. The van der Waals surface area contributed by atoms with Crippen molar-refractivity contribution in [3.8, 4) is 0 Å². The lowest BCUT2D eigenvalue weighted by atomic mass is 10.1. The number of halogens is 2. The Bertz CT molecular complexity index is 1400. The molecule has 0 spiro atoms. The van der Waals surface area contributed by atoms with Crippen LogP contribution in [-0.2, 0) is 9.47 Å². The molecule has 0 saturated carbocycles. The molecule has 0 aliphatic carbocycles. The molecule has 0 aromatic carbocycles. The average Bonchev–Trinajstić information content (AvgIpc) is 3.22. The van der Waals surface area contributed by atoms with Gasteiger partial charge in [-0.1, -0.05) is 46.0 Å². The Morgan fingerprint density at radius 3 is 2.33 bits per heavy atom. The maximum atomic E-state index is 14.1. The first kappa shape index (κ1) is 35.2. The van der Waals surface area contributed by atoms with Crippen molar-refractivity contribution in [3.05, 3.63) is 55.4 Å². The minimum absolute atomic E-state index is 0.177. The number of nitrogens with zero attached hydrogens (tertiary/aromatic N) is 3. The molecule has 43 heavy (non-hydrogen) atoms. The van der Waals surface area contributed by atoms with Crippen molar-refractivity contribution in [2.45, 2.75) is 90.3 Å². The van der Waals surface area contributed by atoms with Crippen molar-refractivity contribution in [2.24, 2.45) is 0 Å². The van der Waals surface area contributed by atoms with E-state index in [0.717, 1.165) is 49.3 Å². The van der Waals surface area contributed by atoms with Gasteiger partial charge in [-0.05, 0) is 19.8 Å². The number of amides is 2. The number of aliphatic hydroxyl groups is 2. The predicted molar refractivity (Wildman–Crippen MR) is 149 cm³/mol. The summed E-state index contributed by atoms with van der Waals surface area (Å²) in [7, 11) is 0. The molecule has 2 amide bonds. The lowest BCUT2D eigenvalue weighted by Crippen LogP contribution is -2.40. The van der Waals surface area contributed by atoms with E-state index in [1.54, 1.807) is 4.98 Å². The number of carbonyl (C=O) groups excluding carboxylic acids is 2. The number of aliphatic hydroxyl groups excluding tert-OH is 2. The minimum Gasteiger partial charge on any atom is -0.449 e. The molecule has 1 aliphatic rings. The van der Waals surface area contributed by atoms with Crippen LogP contribution in [-0.4, -0.2) is 72.9 Å². The lowest BCUT2D eigenvalue weighted by Gasteiger charge is -2.17. The van der Waals surface area contributed by atoms with Gasteiger partial charge in [-0.15, -0.1) is 0 Å². The molecule has 1 saturated heterocycles. The Morgan fingerprint density at radius 2 is 1.70 bits per heavy atom. The third-order valence-corrected chi connectivity index (χ3v) is 6.28. The maximum absolute atomic E-state index is 14.1. The first-order valence-corrected chi connectivity index (χ1v) is 13.9. The zero-order valence-corrected chi connectivity index (χ0v) is 24.2. The van der Waals surface area contributed by atoms with Gasteiger partial charge in [-0.2, -0.15) is 9.37 Å². The number of rotatable bonds is 11. The number of hydrogen-bond donors (Lipinski definition) is 5. The normalized spacial score (nSPS) is 19.3. The summed E-state index contributed by atoms with van der Waals surface area (Å²) < 4.78 is 38.4. The van der Waals surface area contributed by atoms with Gasteiger partial charge < -0.3 is 25.0 Å². The Kier molecular flexibility index (Phi) is 14.1. The molecule has 0 bridgehead atoms. The molecule has 5 N–H and O–H groups in total. The summed E-state index contributed by atoms with van der Waals surface area (Å²) in [5, 5.41) is 24.1. The summed E-state index contributed by atoms with van der Waals surface area (Å²) in [5.74, 6) is -2.76. The van der Waals surface area contributed by atoms with Crippen molar-refractivity contribution >= 4 is 17.9 Å². The van der Waals surface area contributed by atoms with Crippen LogP contribution in [0.4, 0.5) is 24.2 Å². The topological polar surface area (TPSA) is 207 Å². The van der Waals surface area contributed by atoms with Crippen molar-refractivity contribution in [2.75, 3.05) is 18.5 Å². The first-order chi connectivity index (χ1) is 20.4. The van der Waals surface area contributed by atoms with Gasteiger partial charge >= 0.3 is 23.5 Å². The van der Waals surface area contributed by atoms with Crippen LogP contribution in [0.1, 0.15) is 71.9 Å². The van der Waals surface area contributed by atoms with Crippen LogP contribution in [0.5, 0.6) is 0 Å². The molecule has 2 aromatic rings. The maximum Gasteiger partial charge on any atom is 0.412 e. The van der Waals surface area contributed by atoms with Gasteiger partial charge in [-0.25, -0.2) is 28.1 Å². The van der Waals surface area contributed by atoms with E-state index in [2.05, 4.69) is 22.5 Å². The van der Waals surface area contributed by atoms with Crippen molar-refractivity contribution in [1.29, 1.82) is 0 Å². The Balaban J connectivity index is 0.000000317. The second kappa shape index (κ2) is 17.2. The summed E-state index contributed by atoms with van der Waals surface area (Å²) in [5.41, 5.74) is -3.03. The number of ether oxygens (including phenoxy) is 2. The van der Waals surface area contributed by atoms with Crippen LogP contribution < -0.4 is 27.6 Å². The van der Waals surface area contributed by atoms with E-state index in [0.29, 0.717) is 23.7 Å². The van der Waals surface area contributed by atoms with Gasteiger partial charge in [0.25, 0.3) is 5.56 Å². The fraction of sp³-hybridized carbons (Fsp3) is 0.615. The van der Waals surface area contributed by atoms with Crippen LogP contribution >= 0.6 is 0 Å². The molecule has 1 fully saturated rings. The van der Waals surface area contributed by atoms with Crippen molar-refractivity contribution < 1.29 is 38.1 Å². The molecular weight excluding hydrogens is 578 g/mol. The van der Waals surface area contributed by atoms with E-state index >= 15 is 0 Å². The second-order valence-electron chi connectivity index (χ2n) is 9.71. The largest absolute Gasteiger partial charge is 0.449 e. The molecule has 1 aliphatic heterocycles. The highest BCUT2D eigenvalue weighted by Gasteiger charge is 2.42. The number of hydrogen-bond acceptors (Lipinski definition) is 10. The number of aromatic nitrogens is 4. The third kappa shape index (κ3) is 10.4. The highest BCUT2D eigenvalue weighted by molar-refractivity contribution is 5.83. The molecule has 0 unspecified atom stereocenters. The van der Waals surface area contributed by atoms with E-state index in [-0.39, 0.29) is 6.61 Å². The molecule has 15 nitrogen and oxygen atoms in total. The average molecular weight is 617 g/mol. The fourth-order valence-electron chi connectivity index (χ4n) is 3.85. The number of carbonyl (C=O) groups is 2. The third-order valence-electron chi connectivity index (χ3n) is 6.28. The van der Waals surface area contributed by atoms with E-state index in [9.17, 15) is 43.0 Å². The zero-order chi connectivity index (χ0) is 32.1. The molecule has 17 heteroatoms. The van der Waals surface area contributed by atoms with Crippen LogP contribution in [0.3, 0.4) is 0 Å². The second-order valence-corrected chi connectivity index (χ2v) is 9.71. The molecule has 2 aromatic heterocycles. The fourth-order valence-corrected chi connectivity index (χ4v) is 3.85. The summed E-state index contributed by atoms with van der Waals surface area (Å²) in [6, 6.07) is -0.744. The molecule has 3 rings (SSSR count). The summed E-state index contributed by atoms with van der Waals surface area (Å²) in [6.45, 7) is 6.16. The standard InChI is InChI=1S/C15H22FN3O6.C11H16FN3O3/c1-3-4-5-6-24-15(23)18-12-9(16)7-19(14(22)17-12)13-11(21)10(20)8(2)25-13;1-2-3-4-5-6-13-10(17)15-7-8(12)9(16)14-11(15)18/h7-8,10-11,13,20-21H,3-6H2,1-2H3,(H,17,18,22,23);7H,2-6H2,1H3,(H,13,17)(H,14,16,18)/t8-,10-,11-,13-;/m1./s1. The molecule has 4 atom stereocenters. The molecule has 0 radical (unpaired) electrons. The van der Waals surface area contributed by atoms with Gasteiger partial charge in [-0.3, -0.25) is 19.7 Å². The van der Waals surface area contributed by atoms with Gasteiger partial charge in [0.1, 0.15) is 12.2 Å². The number of aromatic amines is 1. The number of anilines is 1. The van der Waals surface area contributed by atoms with Crippen molar-refractivity contribution in [1.82, 2.24) is 24.4 Å². The van der Waals surface area contributed by atoms with Crippen LogP contribution in [0, 0.1) is 11.6 Å². The Labute approximate surface area is 244 Å². The highest BCUT2D eigenvalue weighted by Crippen LogP contribution is 2.28. The summed E-state index contributed by atoms with van der Waals surface area (Å²) >= 11 is 0. The van der Waals surface area contributed by atoms with Crippen LogP contribution in [0.25, 0.3) is 0 Å².